The molecule has 1 amide bonds. The van der Waals surface area contributed by atoms with Gasteiger partial charge in [0.25, 0.3) is 5.91 Å². The predicted molar refractivity (Wildman–Crippen MR) is 125 cm³/mol. The number of carbonyl (C=O) groups excluding carboxylic acids is 2. The molecule has 2 N–H and O–H groups in total. The monoisotopic (exact) mass is 475 g/mol. The lowest BCUT2D eigenvalue weighted by atomic mass is 10.0. The highest BCUT2D eigenvalue weighted by atomic mass is 32.2. The topological polar surface area (TPSA) is 109 Å². The SMILES string of the molecule is O=C1Nc2ccc(S(=O)(=O)N3CCc4ccccc4C3)cc2/C1=C/c1[nH]cc2c1CCOC2=O. The van der Waals surface area contributed by atoms with E-state index in [1.165, 1.54) is 15.9 Å². The number of benzene rings is 2. The Balaban J connectivity index is 1.37. The summed E-state index contributed by atoms with van der Waals surface area (Å²) in [5, 5.41) is 2.80. The van der Waals surface area contributed by atoms with Crippen LogP contribution in [0.15, 0.2) is 53.6 Å². The number of esters is 1. The molecular weight excluding hydrogens is 454 g/mol. The quantitative estimate of drug-likeness (QED) is 0.447. The number of fused-ring (bicyclic) bond motifs is 3. The van der Waals surface area contributed by atoms with E-state index in [2.05, 4.69) is 10.3 Å². The van der Waals surface area contributed by atoms with Crippen molar-refractivity contribution in [3.8, 4) is 0 Å². The number of aromatic amines is 1. The minimum absolute atomic E-state index is 0.144. The van der Waals surface area contributed by atoms with Crippen molar-refractivity contribution in [1.82, 2.24) is 9.29 Å². The number of sulfonamides is 1. The summed E-state index contributed by atoms with van der Waals surface area (Å²) < 4.78 is 33.5. The van der Waals surface area contributed by atoms with Crippen molar-refractivity contribution in [3.63, 3.8) is 0 Å². The lowest BCUT2D eigenvalue weighted by molar-refractivity contribution is -0.110. The van der Waals surface area contributed by atoms with E-state index in [-0.39, 0.29) is 17.4 Å². The van der Waals surface area contributed by atoms with Crippen LogP contribution in [0.25, 0.3) is 11.6 Å². The molecule has 3 aliphatic rings. The van der Waals surface area contributed by atoms with E-state index in [4.69, 9.17) is 4.74 Å². The maximum Gasteiger partial charge on any atom is 0.339 e. The van der Waals surface area contributed by atoms with Crippen molar-refractivity contribution < 1.29 is 22.7 Å². The molecule has 3 aromatic rings. The Morgan fingerprint density at radius 2 is 1.82 bits per heavy atom. The number of hydrogen-bond acceptors (Lipinski definition) is 5. The fourth-order valence-electron chi connectivity index (χ4n) is 4.81. The zero-order valence-corrected chi connectivity index (χ0v) is 18.9. The minimum Gasteiger partial charge on any atom is -0.462 e. The first kappa shape index (κ1) is 20.9. The summed E-state index contributed by atoms with van der Waals surface area (Å²) in [5.74, 6) is -0.715. The second-order valence-corrected chi connectivity index (χ2v) is 10.5. The van der Waals surface area contributed by atoms with Crippen LogP contribution in [0, 0.1) is 0 Å². The molecule has 0 saturated heterocycles. The Morgan fingerprint density at radius 1 is 1.00 bits per heavy atom. The molecule has 0 spiro atoms. The number of aromatic nitrogens is 1. The molecule has 0 bridgehead atoms. The summed E-state index contributed by atoms with van der Waals surface area (Å²) >= 11 is 0. The summed E-state index contributed by atoms with van der Waals surface area (Å²) in [6.07, 6.45) is 4.45. The van der Waals surface area contributed by atoms with Crippen molar-refractivity contribution in [2.75, 3.05) is 18.5 Å². The standard InChI is InChI=1S/C25H21N3O5S/c29-24-20(12-23-18-8-10-33-25(30)21(18)13-26-23)19-11-17(5-6-22(19)27-24)34(31,32)28-9-7-15-3-1-2-4-16(15)14-28/h1-6,11-13,26H,7-10,14H2,(H,27,29)/b20-12-. The summed E-state index contributed by atoms with van der Waals surface area (Å²) in [6.45, 7) is 1.01. The first-order valence-corrected chi connectivity index (χ1v) is 12.5. The smallest absolute Gasteiger partial charge is 0.339 e. The van der Waals surface area contributed by atoms with Crippen LogP contribution in [0.4, 0.5) is 5.69 Å². The fourth-order valence-corrected chi connectivity index (χ4v) is 6.26. The van der Waals surface area contributed by atoms with Crippen molar-refractivity contribution >= 4 is 39.2 Å². The molecule has 0 fully saturated rings. The van der Waals surface area contributed by atoms with Gasteiger partial charge in [0, 0.05) is 42.7 Å². The van der Waals surface area contributed by atoms with Crippen molar-refractivity contribution in [2.24, 2.45) is 0 Å². The van der Waals surface area contributed by atoms with Crippen LogP contribution in [0.3, 0.4) is 0 Å². The highest BCUT2D eigenvalue weighted by molar-refractivity contribution is 7.89. The molecule has 8 nitrogen and oxygen atoms in total. The van der Waals surface area contributed by atoms with Crippen molar-refractivity contribution in [2.45, 2.75) is 24.3 Å². The Labute approximate surface area is 196 Å². The van der Waals surface area contributed by atoms with Gasteiger partial charge in [-0.15, -0.1) is 0 Å². The number of carbonyl (C=O) groups is 2. The molecule has 0 saturated carbocycles. The van der Waals surface area contributed by atoms with Crippen LogP contribution in [0.5, 0.6) is 0 Å². The molecule has 2 aromatic carbocycles. The van der Waals surface area contributed by atoms with Gasteiger partial charge in [-0.25, -0.2) is 13.2 Å². The van der Waals surface area contributed by atoms with Crippen LogP contribution in [-0.2, 0) is 38.9 Å². The number of amides is 1. The van der Waals surface area contributed by atoms with Crippen molar-refractivity contribution in [1.29, 1.82) is 0 Å². The molecule has 0 unspecified atom stereocenters. The second-order valence-electron chi connectivity index (χ2n) is 8.56. The van der Waals surface area contributed by atoms with Gasteiger partial charge < -0.3 is 15.0 Å². The number of ether oxygens (including phenoxy) is 1. The maximum absolute atomic E-state index is 13.5. The molecule has 172 valence electrons. The average Bonchev–Trinajstić information content (AvgIpc) is 3.40. The van der Waals surface area contributed by atoms with Crippen LogP contribution in [0.2, 0.25) is 0 Å². The third-order valence-corrected chi connectivity index (χ3v) is 8.46. The molecule has 6 rings (SSSR count). The molecular formula is C25H21N3O5S. The number of nitrogens with one attached hydrogen (secondary N) is 2. The molecule has 1 aromatic heterocycles. The van der Waals surface area contributed by atoms with Crippen LogP contribution < -0.4 is 5.32 Å². The normalized spacial score (nSPS) is 18.8. The van der Waals surface area contributed by atoms with Gasteiger partial charge in [-0.1, -0.05) is 24.3 Å². The van der Waals surface area contributed by atoms with E-state index in [0.717, 1.165) is 11.1 Å². The number of anilines is 1. The number of nitrogens with zero attached hydrogens (tertiary/aromatic N) is 1. The average molecular weight is 476 g/mol. The highest BCUT2D eigenvalue weighted by Gasteiger charge is 2.32. The largest absolute Gasteiger partial charge is 0.462 e. The maximum atomic E-state index is 13.5. The van der Waals surface area contributed by atoms with E-state index in [0.29, 0.717) is 54.0 Å². The molecule has 34 heavy (non-hydrogen) atoms. The molecule has 3 aliphatic heterocycles. The van der Waals surface area contributed by atoms with Gasteiger partial charge in [0.1, 0.15) is 0 Å². The third-order valence-electron chi connectivity index (χ3n) is 6.62. The van der Waals surface area contributed by atoms with Gasteiger partial charge in [0.2, 0.25) is 10.0 Å². The van der Waals surface area contributed by atoms with E-state index < -0.39 is 16.0 Å². The van der Waals surface area contributed by atoms with Crippen LogP contribution in [0.1, 0.15) is 38.3 Å². The molecule has 0 atom stereocenters. The Bertz CT molecular complexity index is 1500. The third kappa shape index (κ3) is 3.27. The van der Waals surface area contributed by atoms with Gasteiger partial charge in [-0.3, -0.25) is 4.79 Å². The lowest BCUT2D eigenvalue weighted by Crippen LogP contribution is -2.35. The van der Waals surface area contributed by atoms with Gasteiger partial charge in [0.05, 0.1) is 22.6 Å². The number of rotatable bonds is 3. The van der Waals surface area contributed by atoms with Gasteiger partial charge in [-0.2, -0.15) is 4.31 Å². The van der Waals surface area contributed by atoms with Gasteiger partial charge in [0.15, 0.2) is 0 Å². The minimum atomic E-state index is -3.75. The van der Waals surface area contributed by atoms with Crippen LogP contribution >= 0.6 is 0 Å². The summed E-state index contributed by atoms with van der Waals surface area (Å²) in [7, 11) is -3.75. The lowest BCUT2D eigenvalue weighted by Gasteiger charge is -2.28. The summed E-state index contributed by atoms with van der Waals surface area (Å²) in [4.78, 5) is 27.9. The summed E-state index contributed by atoms with van der Waals surface area (Å²) in [6, 6.07) is 12.6. The first-order valence-electron chi connectivity index (χ1n) is 11.0. The van der Waals surface area contributed by atoms with Crippen LogP contribution in [-0.4, -0.2) is 42.7 Å². The first-order chi connectivity index (χ1) is 16.4. The van der Waals surface area contributed by atoms with E-state index in [1.54, 1.807) is 24.4 Å². The molecule has 0 radical (unpaired) electrons. The molecule has 9 heteroatoms. The van der Waals surface area contributed by atoms with E-state index in [1.807, 2.05) is 24.3 Å². The Hall–Kier alpha value is -3.69. The molecule has 0 aliphatic carbocycles. The van der Waals surface area contributed by atoms with E-state index in [9.17, 15) is 18.0 Å². The fraction of sp³-hybridized carbons (Fsp3) is 0.200. The zero-order valence-electron chi connectivity index (χ0n) is 18.1. The number of cyclic esters (lactones) is 1. The number of hydrogen-bond donors (Lipinski definition) is 2. The Kier molecular flexibility index (Phi) is 4.72. The van der Waals surface area contributed by atoms with Crippen molar-refractivity contribution in [3.05, 3.63) is 82.2 Å². The van der Waals surface area contributed by atoms with Gasteiger partial charge in [-0.05, 0) is 47.4 Å². The van der Waals surface area contributed by atoms with Gasteiger partial charge >= 0.3 is 5.97 Å². The van der Waals surface area contributed by atoms with E-state index >= 15 is 0 Å². The number of H-pyrrole nitrogens is 1. The molecule has 4 heterocycles. The predicted octanol–water partition coefficient (Wildman–Crippen LogP) is 2.97. The summed E-state index contributed by atoms with van der Waals surface area (Å²) in [5.41, 5.74) is 5.49. The second kappa shape index (κ2) is 7.68. The zero-order chi connectivity index (χ0) is 23.4. The highest BCUT2D eigenvalue weighted by Crippen LogP contribution is 2.37. The Morgan fingerprint density at radius 3 is 2.68 bits per heavy atom.